The Morgan fingerprint density at radius 2 is 1.92 bits per heavy atom. The number of halogens is 4. The molecule has 1 atom stereocenters. The minimum Gasteiger partial charge on any atom is -0.343 e. The molecule has 1 fully saturated rings. The summed E-state index contributed by atoms with van der Waals surface area (Å²) in [6.07, 6.45) is -4.39. The Hall–Kier alpha value is -2.12. The van der Waals surface area contributed by atoms with Crippen LogP contribution < -0.4 is 5.32 Å². The predicted molar refractivity (Wildman–Crippen MR) is 78.6 cm³/mol. The number of carbonyl (C=O) groups excluding carboxylic acids is 2. The lowest BCUT2D eigenvalue weighted by Gasteiger charge is -2.26. The summed E-state index contributed by atoms with van der Waals surface area (Å²) in [5.74, 6) is -1.95. The molecule has 24 heavy (non-hydrogen) atoms. The fourth-order valence-electron chi connectivity index (χ4n) is 2.68. The first kappa shape index (κ1) is 18.2. The fourth-order valence-corrected chi connectivity index (χ4v) is 2.68. The maximum atomic E-state index is 13.9. The van der Waals surface area contributed by atoms with E-state index in [1.54, 1.807) is 6.07 Å². The fraction of sp³-hybridized carbons (Fsp3) is 0.500. The standard InChI is InChI=1S/C16H18F4N2O2/c1-15(2,10-5-3-4-6-11(10)17)14(24)21-12-7-8-22(13(12)23)9-16(18,19)20/h3-6,12H,7-9H2,1-2H3,(H,21,24). The van der Waals surface area contributed by atoms with Crippen molar-refractivity contribution in [1.29, 1.82) is 0 Å². The summed E-state index contributed by atoms with van der Waals surface area (Å²) < 4.78 is 51.1. The number of nitrogens with one attached hydrogen (secondary N) is 1. The van der Waals surface area contributed by atoms with E-state index in [4.69, 9.17) is 0 Å². The molecule has 0 saturated carbocycles. The molecule has 0 aromatic heterocycles. The van der Waals surface area contributed by atoms with E-state index in [9.17, 15) is 27.2 Å². The predicted octanol–water partition coefficient (Wildman–Crippen LogP) is 2.38. The molecule has 0 bridgehead atoms. The second-order valence-electron chi connectivity index (χ2n) is 6.29. The van der Waals surface area contributed by atoms with Gasteiger partial charge in [0.15, 0.2) is 0 Å². The van der Waals surface area contributed by atoms with E-state index in [1.807, 2.05) is 0 Å². The Labute approximate surface area is 136 Å². The molecule has 132 valence electrons. The Balaban J connectivity index is 2.07. The summed E-state index contributed by atoms with van der Waals surface area (Å²) in [6.45, 7) is 1.57. The molecule has 1 aliphatic rings. The molecule has 1 N–H and O–H groups in total. The van der Waals surface area contributed by atoms with E-state index in [0.29, 0.717) is 4.90 Å². The topological polar surface area (TPSA) is 49.4 Å². The van der Waals surface area contributed by atoms with Gasteiger partial charge in [-0.05, 0) is 26.3 Å². The van der Waals surface area contributed by atoms with Crippen molar-refractivity contribution in [1.82, 2.24) is 10.2 Å². The molecule has 1 saturated heterocycles. The quantitative estimate of drug-likeness (QED) is 0.851. The van der Waals surface area contributed by atoms with Crippen LogP contribution in [-0.4, -0.2) is 42.0 Å². The monoisotopic (exact) mass is 346 g/mol. The second-order valence-corrected chi connectivity index (χ2v) is 6.29. The molecule has 0 spiro atoms. The van der Waals surface area contributed by atoms with Crippen molar-refractivity contribution in [3.63, 3.8) is 0 Å². The van der Waals surface area contributed by atoms with Gasteiger partial charge in [0.25, 0.3) is 0 Å². The highest BCUT2D eigenvalue weighted by molar-refractivity contribution is 5.93. The third-order valence-electron chi connectivity index (χ3n) is 4.09. The Kier molecular flexibility index (Phi) is 4.87. The molecule has 2 amide bonds. The highest BCUT2D eigenvalue weighted by Crippen LogP contribution is 2.27. The Morgan fingerprint density at radius 1 is 1.29 bits per heavy atom. The first-order chi connectivity index (χ1) is 11.0. The molecule has 2 rings (SSSR count). The number of hydrogen-bond donors (Lipinski definition) is 1. The van der Waals surface area contributed by atoms with Crippen molar-refractivity contribution in [3.8, 4) is 0 Å². The zero-order valence-electron chi connectivity index (χ0n) is 13.3. The van der Waals surface area contributed by atoms with Gasteiger partial charge in [-0.2, -0.15) is 13.2 Å². The highest BCUT2D eigenvalue weighted by Gasteiger charge is 2.41. The molecule has 1 heterocycles. The number of benzene rings is 1. The van der Waals surface area contributed by atoms with Crippen LogP contribution in [0.2, 0.25) is 0 Å². The van der Waals surface area contributed by atoms with E-state index in [-0.39, 0.29) is 18.5 Å². The van der Waals surface area contributed by atoms with Crippen molar-refractivity contribution in [2.24, 2.45) is 0 Å². The van der Waals surface area contributed by atoms with E-state index in [2.05, 4.69) is 5.32 Å². The van der Waals surface area contributed by atoms with Crippen molar-refractivity contribution in [3.05, 3.63) is 35.6 Å². The van der Waals surface area contributed by atoms with E-state index < -0.39 is 41.8 Å². The average molecular weight is 346 g/mol. The van der Waals surface area contributed by atoms with E-state index in [1.165, 1.54) is 32.0 Å². The third kappa shape index (κ3) is 3.85. The highest BCUT2D eigenvalue weighted by atomic mass is 19.4. The van der Waals surface area contributed by atoms with Gasteiger partial charge in [-0.15, -0.1) is 0 Å². The SMILES string of the molecule is CC(C)(C(=O)NC1CCN(CC(F)(F)F)C1=O)c1ccccc1F. The van der Waals surface area contributed by atoms with Gasteiger partial charge in [0.05, 0.1) is 5.41 Å². The maximum Gasteiger partial charge on any atom is 0.406 e. The molecule has 1 aliphatic heterocycles. The minimum atomic E-state index is -4.49. The van der Waals surface area contributed by atoms with Crippen LogP contribution in [-0.2, 0) is 15.0 Å². The lowest BCUT2D eigenvalue weighted by molar-refractivity contribution is -0.158. The molecule has 0 aliphatic carbocycles. The number of carbonyl (C=O) groups is 2. The van der Waals surface area contributed by atoms with Crippen LogP contribution >= 0.6 is 0 Å². The molecule has 4 nitrogen and oxygen atoms in total. The molecule has 1 aromatic rings. The normalized spacial score (nSPS) is 18.8. The van der Waals surface area contributed by atoms with Gasteiger partial charge in [-0.1, -0.05) is 18.2 Å². The van der Waals surface area contributed by atoms with Crippen LogP contribution in [0, 0.1) is 5.82 Å². The summed E-state index contributed by atoms with van der Waals surface area (Å²) in [5, 5.41) is 2.45. The lowest BCUT2D eigenvalue weighted by Crippen LogP contribution is -2.49. The Bertz CT molecular complexity index is 643. The van der Waals surface area contributed by atoms with Crippen LogP contribution in [0.1, 0.15) is 25.8 Å². The van der Waals surface area contributed by atoms with Crippen molar-refractivity contribution >= 4 is 11.8 Å². The van der Waals surface area contributed by atoms with Gasteiger partial charge in [-0.3, -0.25) is 9.59 Å². The molecule has 1 aromatic carbocycles. The summed E-state index contributed by atoms with van der Waals surface area (Å²) >= 11 is 0. The van der Waals surface area contributed by atoms with E-state index >= 15 is 0 Å². The summed E-state index contributed by atoms with van der Waals surface area (Å²) in [6, 6.07) is 4.73. The average Bonchev–Trinajstić information content (AvgIpc) is 2.78. The van der Waals surface area contributed by atoms with Crippen molar-refractivity contribution < 1.29 is 27.2 Å². The van der Waals surface area contributed by atoms with Crippen LogP contribution in [0.4, 0.5) is 17.6 Å². The number of likely N-dealkylation sites (tertiary alicyclic amines) is 1. The number of nitrogens with zero attached hydrogens (tertiary/aromatic N) is 1. The van der Waals surface area contributed by atoms with Gasteiger partial charge >= 0.3 is 6.18 Å². The first-order valence-electron chi connectivity index (χ1n) is 7.44. The number of rotatable bonds is 4. The molecule has 1 unspecified atom stereocenters. The number of hydrogen-bond acceptors (Lipinski definition) is 2. The molecule has 0 radical (unpaired) electrons. The van der Waals surface area contributed by atoms with Gasteiger partial charge in [0.2, 0.25) is 11.8 Å². The van der Waals surface area contributed by atoms with Gasteiger partial charge in [0, 0.05) is 12.1 Å². The smallest absolute Gasteiger partial charge is 0.343 e. The maximum absolute atomic E-state index is 13.9. The Morgan fingerprint density at radius 3 is 2.50 bits per heavy atom. The van der Waals surface area contributed by atoms with Gasteiger partial charge in [-0.25, -0.2) is 4.39 Å². The summed E-state index contributed by atoms with van der Waals surface area (Å²) in [7, 11) is 0. The largest absolute Gasteiger partial charge is 0.406 e. The third-order valence-corrected chi connectivity index (χ3v) is 4.09. The van der Waals surface area contributed by atoms with Crippen LogP contribution in [0.15, 0.2) is 24.3 Å². The van der Waals surface area contributed by atoms with Gasteiger partial charge in [0.1, 0.15) is 18.4 Å². The van der Waals surface area contributed by atoms with Crippen LogP contribution in [0.5, 0.6) is 0 Å². The second kappa shape index (κ2) is 6.41. The van der Waals surface area contributed by atoms with E-state index in [0.717, 1.165) is 0 Å². The zero-order chi connectivity index (χ0) is 18.1. The zero-order valence-corrected chi connectivity index (χ0v) is 13.3. The molecule has 8 heteroatoms. The van der Waals surface area contributed by atoms with Gasteiger partial charge < -0.3 is 10.2 Å². The van der Waals surface area contributed by atoms with Crippen molar-refractivity contribution in [2.45, 2.75) is 37.9 Å². The summed E-state index contributed by atoms with van der Waals surface area (Å²) in [5.41, 5.74) is -1.11. The first-order valence-corrected chi connectivity index (χ1v) is 7.44. The molecular formula is C16H18F4N2O2. The van der Waals surface area contributed by atoms with Crippen LogP contribution in [0.3, 0.4) is 0 Å². The van der Waals surface area contributed by atoms with Crippen molar-refractivity contribution in [2.75, 3.05) is 13.1 Å². The lowest BCUT2D eigenvalue weighted by atomic mass is 9.83. The van der Waals surface area contributed by atoms with Crippen LogP contribution in [0.25, 0.3) is 0 Å². The number of alkyl halides is 3. The number of amides is 2. The molecular weight excluding hydrogens is 328 g/mol. The minimum absolute atomic E-state index is 0.0799. The summed E-state index contributed by atoms with van der Waals surface area (Å²) in [4.78, 5) is 25.1.